The number of aromatic carboxylic acids is 1. The third kappa shape index (κ3) is 4.33. The maximum atomic E-state index is 10.9. The van der Waals surface area contributed by atoms with Crippen LogP contribution in [0.4, 0.5) is 5.69 Å². The topological polar surface area (TPSA) is 47.0 Å². The Kier molecular flexibility index (Phi) is 5.45. The first-order valence-corrected chi connectivity index (χ1v) is 7.50. The Labute approximate surface area is 130 Å². The van der Waals surface area contributed by atoms with Gasteiger partial charge in [0.1, 0.15) is 0 Å². The molecule has 1 aromatic carbocycles. The number of nitrogens with zero attached hydrogens (tertiary/aromatic N) is 3. The van der Waals surface area contributed by atoms with Crippen LogP contribution < -0.4 is 4.90 Å². The molecule has 1 aliphatic rings. The number of rotatable bonds is 5. The predicted molar refractivity (Wildman–Crippen MR) is 85.6 cm³/mol. The van der Waals surface area contributed by atoms with E-state index in [0.717, 1.165) is 45.0 Å². The Hall–Kier alpha value is -1.30. The van der Waals surface area contributed by atoms with Gasteiger partial charge >= 0.3 is 5.97 Å². The minimum atomic E-state index is -0.947. The van der Waals surface area contributed by atoms with Gasteiger partial charge in [-0.25, -0.2) is 4.79 Å². The zero-order chi connectivity index (χ0) is 15.4. The summed E-state index contributed by atoms with van der Waals surface area (Å²) in [5, 5.41) is 9.48. The van der Waals surface area contributed by atoms with Gasteiger partial charge < -0.3 is 14.9 Å². The van der Waals surface area contributed by atoms with E-state index in [1.54, 1.807) is 12.1 Å². The van der Waals surface area contributed by atoms with E-state index in [0.29, 0.717) is 5.02 Å². The highest BCUT2D eigenvalue weighted by Crippen LogP contribution is 2.27. The molecule has 6 heteroatoms. The van der Waals surface area contributed by atoms with Crippen molar-refractivity contribution in [1.82, 2.24) is 9.80 Å². The average Bonchev–Trinajstić information content (AvgIpc) is 2.45. The van der Waals surface area contributed by atoms with E-state index in [1.807, 2.05) is 0 Å². The summed E-state index contributed by atoms with van der Waals surface area (Å²) in [6.07, 6.45) is 0. The molecule has 21 heavy (non-hydrogen) atoms. The normalized spacial score (nSPS) is 16.5. The molecule has 0 amide bonds. The lowest BCUT2D eigenvalue weighted by molar-refractivity contribution is 0.0697. The zero-order valence-corrected chi connectivity index (χ0v) is 13.3. The Morgan fingerprint density at radius 3 is 2.48 bits per heavy atom. The summed E-state index contributed by atoms with van der Waals surface area (Å²) in [5.74, 6) is -0.947. The van der Waals surface area contributed by atoms with Gasteiger partial charge in [-0.05, 0) is 32.3 Å². The average molecular weight is 312 g/mol. The third-order valence-corrected chi connectivity index (χ3v) is 4.07. The number of benzene rings is 1. The van der Waals surface area contributed by atoms with Gasteiger partial charge in [-0.1, -0.05) is 11.6 Å². The van der Waals surface area contributed by atoms with E-state index in [2.05, 4.69) is 28.8 Å². The molecule has 116 valence electrons. The van der Waals surface area contributed by atoms with Crippen molar-refractivity contribution in [2.24, 2.45) is 0 Å². The maximum Gasteiger partial charge on any atom is 0.335 e. The van der Waals surface area contributed by atoms with E-state index in [9.17, 15) is 4.79 Å². The monoisotopic (exact) mass is 311 g/mol. The fourth-order valence-corrected chi connectivity index (χ4v) is 2.75. The van der Waals surface area contributed by atoms with Crippen molar-refractivity contribution in [2.75, 3.05) is 58.3 Å². The van der Waals surface area contributed by atoms with Crippen LogP contribution in [0.1, 0.15) is 10.4 Å². The molecule has 0 unspecified atom stereocenters. The molecule has 5 nitrogen and oxygen atoms in total. The largest absolute Gasteiger partial charge is 0.478 e. The summed E-state index contributed by atoms with van der Waals surface area (Å²) in [7, 11) is 4.17. The van der Waals surface area contributed by atoms with Crippen LogP contribution in [0.15, 0.2) is 18.2 Å². The minimum Gasteiger partial charge on any atom is -0.478 e. The number of hydrogen-bond acceptors (Lipinski definition) is 4. The number of likely N-dealkylation sites (N-methyl/N-ethyl adjacent to an activating group) is 1. The second kappa shape index (κ2) is 7.11. The van der Waals surface area contributed by atoms with Crippen molar-refractivity contribution in [3.8, 4) is 0 Å². The predicted octanol–water partition coefficient (Wildman–Crippen LogP) is 1.72. The molecular weight excluding hydrogens is 290 g/mol. The van der Waals surface area contributed by atoms with E-state index in [1.165, 1.54) is 6.07 Å². The van der Waals surface area contributed by atoms with Crippen LogP contribution in [-0.4, -0.2) is 74.2 Å². The summed E-state index contributed by atoms with van der Waals surface area (Å²) >= 11 is 6.22. The Morgan fingerprint density at radius 2 is 1.95 bits per heavy atom. The molecule has 1 aromatic rings. The minimum absolute atomic E-state index is 0.230. The molecule has 0 bridgehead atoms. The smallest absolute Gasteiger partial charge is 0.335 e. The highest BCUT2D eigenvalue weighted by molar-refractivity contribution is 6.33. The fourth-order valence-electron chi connectivity index (χ4n) is 2.45. The molecule has 0 atom stereocenters. The van der Waals surface area contributed by atoms with E-state index < -0.39 is 5.97 Å². The molecule has 0 aromatic heterocycles. The van der Waals surface area contributed by atoms with Gasteiger partial charge in [-0.3, -0.25) is 4.90 Å². The van der Waals surface area contributed by atoms with Gasteiger partial charge in [0, 0.05) is 39.3 Å². The SMILES string of the molecule is CN(C)CCN1CCN(c2ccc(C(=O)O)cc2Cl)CC1. The number of carbonyl (C=O) groups is 1. The Morgan fingerprint density at radius 1 is 1.29 bits per heavy atom. The first kappa shape index (κ1) is 16.1. The molecule has 1 saturated heterocycles. The van der Waals surface area contributed by atoms with Crippen molar-refractivity contribution in [1.29, 1.82) is 0 Å². The number of carboxylic acids is 1. The van der Waals surface area contributed by atoms with Gasteiger partial charge in [-0.2, -0.15) is 0 Å². The van der Waals surface area contributed by atoms with E-state index in [-0.39, 0.29) is 5.56 Å². The zero-order valence-electron chi connectivity index (χ0n) is 12.5. The molecule has 0 saturated carbocycles. The second-order valence-electron chi connectivity index (χ2n) is 5.60. The molecule has 0 aliphatic carbocycles. The van der Waals surface area contributed by atoms with Crippen LogP contribution in [-0.2, 0) is 0 Å². The molecule has 1 heterocycles. The molecule has 0 radical (unpaired) electrons. The van der Waals surface area contributed by atoms with Crippen molar-refractivity contribution in [3.05, 3.63) is 28.8 Å². The molecule has 0 spiro atoms. The first-order chi connectivity index (χ1) is 9.97. The summed E-state index contributed by atoms with van der Waals surface area (Å²) in [5.41, 5.74) is 1.15. The lowest BCUT2D eigenvalue weighted by atomic mass is 10.1. The van der Waals surface area contributed by atoms with Crippen LogP contribution in [0.25, 0.3) is 0 Å². The molecular formula is C15H22ClN3O2. The van der Waals surface area contributed by atoms with Crippen molar-refractivity contribution in [2.45, 2.75) is 0 Å². The van der Waals surface area contributed by atoms with Gasteiger partial charge in [0.05, 0.1) is 16.3 Å². The van der Waals surface area contributed by atoms with Crippen LogP contribution in [0, 0.1) is 0 Å². The Bertz CT molecular complexity index is 500. The van der Waals surface area contributed by atoms with Crippen LogP contribution >= 0.6 is 11.6 Å². The fraction of sp³-hybridized carbons (Fsp3) is 0.533. The molecule has 2 rings (SSSR count). The van der Waals surface area contributed by atoms with Gasteiger partial charge in [0.25, 0.3) is 0 Å². The molecule has 1 N–H and O–H groups in total. The summed E-state index contributed by atoms with van der Waals surface area (Å²) in [6.45, 7) is 5.98. The number of piperazine rings is 1. The molecule has 1 fully saturated rings. The van der Waals surface area contributed by atoms with Gasteiger partial charge in [0.2, 0.25) is 0 Å². The number of hydrogen-bond donors (Lipinski definition) is 1. The standard InChI is InChI=1S/C15H22ClN3O2/c1-17(2)5-6-18-7-9-19(10-8-18)14-4-3-12(15(20)21)11-13(14)16/h3-4,11H,5-10H2,1-2H3,(H,20,21). The second-order valence-corrected chi connectivity index (χ2v) is 6.01. The van der Waals surface area contributed by atoms with Crippen molar-refractivity contribution in [3.63, 3.8) is 0 Å². The van der Waals surface area contributed by atoms with Crippen LogP contribution in [0.3, 0.4) is 0 Å². The highest BCUT2D eigenvalue weighted by Gasteiger charge is 2.19. The summed E-state index contributed by atoms with van der Waals surface area (Å²) < 4.78 is 0. The van der Waals surface area contributed by atoms with Crippen LogP contribution in [0.2, 0.25) is 5.02 Å². The van der Waals surface area contributed by atoms with Gasteiger partial charge in [0.15, 0.2) is 0 Å². The van der Waals surface area contributed by atoms with E-state index >= 15 is 0 Å². The summed E-state index contributed by atoms with van der Waals surface area (Å²) in [6, 6.07) is 4.95. The molecule has 1 aliphatic heterocycles. The lowest BCUT2D eigenvalue weighted by Gasteiger charge is -2.36. The van der Waals surface area contributed by atoms with Crippen molar-refractivity contribution >= 4 is 23.3 Å². The summed E-state index contributed by atoms with van der Waals surface area (Å²) in [4.78, 5) is 17.8. The van der Waals surface area contributed by atoms with Gasteiger partial charge in [-0.15, -0.1) is 0 Å². The van der Waals surface area contributed by atoms with Crippen LogP contribution in [0.5, 0.6) is 0 Å². The van der Waals surface area contributed by atoms with E-state index in [4.69, 9.17) is 16.7 Å². The maximum absolute atomic E-state index is 10.9. The quantitative estimate of drug-likeness (QED) is 0.897. The van der Waals surface area contributed by atoms with Crippen molar-refractivity contribution < 1.29 is 9.90 Å². The first-order valence-electron chi connectivity index (χ1n) is 7.12. The number of carboxylic acid groups (broad SMARTS) is 1. The lowest BCUT2D eigenvalue weighted by Crippen LogP contribution is -2.48. The Balaban J connectivity index is 1.94. The highest BCUT2D eigenvalue weighted by atomic mass is 35.5. The number of halogens is 1. The number of anilines is 1. The third-order valence-electron chi connectivity index (χ3n) is 3.77.